The highest BCUT2D eigenvalue weighted by Crippen LogP contribution is 2.23. The maximum absolute atomic E-state index is 12.7. The van der Waals surface area contributed by atoms with Gasteiger partial charge < -0.3 is 10.8 Å². The Morgan fingerprint density at radius 2 is 2.23 bits per heavy atom. The second-order valence-corrected chi connectivity index (χ2v) is 2.71. The fraction of sp³-hybridized carbons (Fsp3) is 0.125. The van der Waals surface area contributed by atoms with Crippen LogP contribution in [-0.2, 0) is 0 Å². The smallest absolute Gasteiger partial charge is 0.179 e. The Morgan fingerprint density at radius 3 is 2.77 bits per heavy atom. The first-order valence-corrected chi connectivity index (χ1v) is 3.97. The van der Waals surface area contributed by atoms with Crippen LogP contribution in [0.2, 0.25) is 0 Å². The maximum atomic E-state index is 12.7. The Labute approximate surface area is 78.9 Å². The molecule has 0 atom stereocenters. The summed E-state index contributed by atoms with van der Waals surface area (Å²) in [5, 5.41) is 8.94. The van der Waals surface area contributed by atoms with Crippen molar-refractivity contribution in [2.24, 2.45) is 0 Å². The maximum Gasteiger partial charge on any atom is 0.179 e. The normalized spacial score (nSPS) is 10.0. The van der Waals surface area contributed by atoms with Crippen molar-refractivity contribution in [2.75, 3.05) is 11.6 Å². The molecule has 0 saturated heterocycles. The van der Waals surface area contributed by atoms with Gasteiger partial charge in [-0.3, -0.25) is 4.79 Å². The molecule has 0 amide bonds. The fourth-order valence-corrected chi connectivity index (χ4v) is 1.03. The van der Waals surface area contributed by atoms with Crippen LogP contribution in [0.5, 0.6) is 5.75 Å². The number of benzene rings is 1. The average molecular weight is 204 g/mol. The van der Waals surface area contributed by atoms with E-state index in [-0.39, 0.29) is 17.1 Å². The van der Waals surface area contributed by atoms with E-state index in [9.17, 15) is 9.18 Å². The molecular weight excluding hydrogens is 197 g/mol. The van der Waals surface area contributed by atoms with E-state index in [0.717, 1.165) is 12.1 Å². The summed E-state index contributed by atoms with van der Waals surface area (Å²) >= 11 is 5.27. The Kier molecular flexibility index (Phi) is 2.72. The lowest BCUT2D eigenvalue weighted by molar-refractivity contribution is 0.102. The number of halogens is 2. The topological polar surface area (TPSA) is 63.3 Å². The number of carbonyl (C=O) groups is 1. The molecule has 3 N–H and O–H groups in total. The van der Waals surface area contributed by atoms with E-state index in [1.807, 2.05) is 0 Å². The first-order valence-electron chi connectivity index (χ1n) is 3.43. The third kappa shape index (κ3) is 1.89. The molecule has 0 heterocycles. The summed E-state index contributed by atoms with van der Waals surface area (Å²) in [5.74, 6) is -2.17. The van der Waals surface area contributed by atoms with Crippen LogP contribution in [0.3, 0.4) is 0 Å². The van der Waals surface area contributed by atoms with Crippen molar-refractivity contribution in [2.45, 2.75) is 0 Å². The number of hydrogen-bond acceptors (Lipinski definition) is 3. The first kappa shape index (κ1) is 9.80. The molecule has 5 heteroatoms. The zero-order valence-corrected chi connectivity index (χ0v) is 7.31. The van der Waals surface area contributed by atoms with Gasteiger partial charge in [0, 0.05) is 17.3 Å². The number of rotatable bonds is 2. The molecule has 0 aliphatic carbocycles. The third-order valence-electron chi connectivity index (χ3n) is 1.54. The highest BCUT2D eigenvalue weighted by molar-refractivity contribution is 6.31. The van der Waals surface area contributed by atoms with E-state index in [1.165, 1.54) is 0 Å². The van der Waals surface area contributed by atoms with Gasteiger partial charge in [-0.25, -0.2) is 4.39 Å². The van der Waals surface area contributed by atoms with Gasteiger partial charge in [0.25, 0.3) is 0 Å². The zero-order chi connectivity index (χ0) is 10.0. The molecule has 3 nitrogen and oxygen atoms in total. The van der Waals surface area contributed by atoms with Crippen molar-refractivity contribution >= 4 is 23.1 Å². The summed E-state index contributed by atoms with van der Waals surface area (Å²) in [6.07, 6.45) is 0. The van der Waals surface area contributed by atoms with Crippen LogP contribution in [0, 0.1) is 5.82 Å². The van der Waals surface area contributed by atoms with Crippen LogP contribution >= 0.6 is 11.6 Å². The van der Waals surface area contributed by atoms with Crippen molar-refractivity contribution in [1.29, 1.82) is 0 Å². The molecule has 13 heavy (non-hydrogen) atoms. The van der Waals surface area contributed by atoms with E-state index in [4.69, 9.17) is 22.4 Å². The van der Waals surface area contributed by atoms with Crippen molar-refractivity contribution in [3.63, 3.8) is 0 Å². The summed E-state index contributed by atoms with van der Waals surface area (Å²) < 4.78 is 12.7. The fourth-order valence-electron chi connectivity index (χ4n) is 0.891. The van der Waals surface area contributed by atoms with Gasteiger partial charge in [0.05, 0.1) is 5.88 Å². The minimum atomic E-state index is -0.858. The van der Waals surface area contributed by atoms with Crippen molar-refractivity contribution in [1.82, 2.24) is 0 Å². The van der Waals surface area contributed by atoms with Crippen LogP contribution in [-0.4, -0.2) is 16.8 Å². The Balaban J connectivity index is 3.23. The van der Waals surface area contributed by atoms with Gasteiger partial charge in [-0.2, -0.15) is 0 Å². The van der Waals surface area contributed by atoms with E-state index < -0.39 is 17.3 Å². The first-order chi connectivity index (χ1) is 6.06. The largest absolute Gasteiger partial charge is 0.505 e. The van der Waals surface area contributed by atoms with Crippen LogP contribution in [0.15, 0.2) is 12.1 Å². The Bertz CT molecular complexity index is 354. The molecule has 0 aromatic heterocycles. The Morgan fingerprint density at radius 1 is 1.62 bits per heavy atom. The minimum Gasteiger partial charge on any atom is -0.505 e. The number of phenols is 1. The standard InChI is InChI=1S/C8H7ClFNO2/c9-3-8(13)4-1-7(12)5(10)2-6(4)11/h1-2,12H,3,11H2. The quantitative estimate of drug-likeness (QED) is 0.332. The highest BCUT2D eigenvalue weighted by atomic mass is 35.5. The third-order valence-corrected chi connectivity index (χ3v) is 1.78. The predicted octanol–water partition coefficient (Wildman–Crippen LogP) is 1.53. The summed E-state index contributed by atoms with van der Waals surface area (Å²) in [7, 11) is 0. The van der Waals surface area contributed by atoms with Gasteiger partial charge in [-0.1, -0.05) is 0 Å². The molecule has 70 valence electrons. The van der Waals surface area contributed by atoms with Gasteiger partial charge in [-0.05, 0) is 6.07 Å². The van der Waals surface area contributed by atoms with Crippen LogP contribution in [0.1, 0.15) is 10.4 Å². The number of carbonyl (C=O) groups excluding carboxylic acids is 1. The summed E-state index contributed by atoms with van der Waals surface area (Å²) in [5.41, 5.74) is 5.35. The number of aromatic hydroxyl groups is 1. The van der Waals surface area contributed by atoms with Crippen molar-refractivity contribution in [3.05, 3.63) is 23.5 Å². The van der Waals surface area contributed by atoms with E-state index in [2.05, 4.69) is 0 Å². The highest BCUT2D eigenvalue weighted by Gasteiger charge is 2.12. The lowest BCUT2D eigenvalue weighted by Crippen LogP contribution is -2.05. The van der Waals surface area contributed by atoms with E-state index in [0.29, 0.717) is 0 Å². The zero-order valence-electron chi connectivity index (χ0n) is 6.55. The van der Waals surface area contributed by atoms with E-state index >= 15 is 0 Å². The molecule has 0 spiro atoms. The van der Waals surface area contributed by atoms with E-state index in [1.54, 1.807) is 0 Å². The molecular formula is C8H7ClFNO2. The number of ketones is 1. The lowest BCUT2D eigenvalue weighted by atomic mass is 10.1. The molecule has 0 aliphatic heterocycles. The number of nitrogens with two attached hydrogens (primary N) is 1. The molecule has 1 aromatic carbocycles. The van der Waals surface area contributed by atoms with Gasteiger partial charge >= 0.3 is 0 Å². The molecule has 1 aromatic rings. The second-order valence-electron chi connectivity index (χ2n) is 2.45. The second kappa shape index (κ2) is 3.62. The number of Topliss-reactive ketones (excluding diaryl/α,β-unsaturated/α-hetero) is 1. The number of anilines is 1. The predicted molar refractivity (Wildman–Crippen MR) is 47.5 cm³/mol. The number of nitrogen functional groups attached to an aromatic ring is 1. The summed E-state index contributed by atoms with van der Waals surface area (Å²) in [6.45, 7) is 0. The summed E-state index contributed by atoms with van der Waals surface area (Å²) in [4.78, 5) is 11.1. The summed E-state index contributed by atoms with van der Waals surface area (Å²) in [6, 6.07) is 1.85. The molecule has 0 radical (unpaired) electrons. The van der Waals surface area contributed by atoms with Gasteiger partial charge in [0.1, 0.15) is 0 Å². The van der Waals surface area contributed by atoms with Crippen LogP contribution in [0.4, 0.5) is 10.1 Å². The van der Waals surface area contributed by atoms with Crippen molar-refractivity contribution < 1.29 is 14.3 Å². The molecule has 1 rings (SSSR count). The van der Waals surface area contributed by atoms with Crippen LogP contribution < -0.4 is 5.73 Å². The van der Waals surface area contributed by atoms with Gasteiger partial charge in [-0.15, -0.1) is 11.6 Å². The van der Waals surface area contributed by atoms with Crippen LogP contribution in [0.25, 0.3) is 0 Å². The number of phenolic OH excluding ortho intramolecular Hbond substituents is 1. The number of alkyl halides is 1. The monoisotopic (exact) mass is 203 g/mol. The SMILES string of the molecule is Nc1cc(F)c(O)cc1C(=O)CCl. The average Bonchev–Trinajstić information content (AvgIpc) is 2.10. The molecule has 0 fully saturated rings. The molecule has 0 saturated carbocycles. The molecule has 0 aliphatic rings. The minimum absolute atomic E-state index is 0.0269. The van der Waals surface area contributed by atoms with Gasteiger partial charge in [0.2, 0.25) is 0 Å². The lowest BCUT2D eigenvalue weighted by Gasteiger charge is -2.03. The molecule has 0 bridgehead atoms. The molecule has 0 unspecified atom stereocenters. The number of hydrogen-bond donors (Lipinski definition) is 2. The Hall–Kier alpha value is -1.29. The van der Waals surface area contributed by atoms with Crippen molar-refractivity contribution in [3.8, 4) is 5.75 Å². The van der Waals surface area contributed by atoms with Gasteiger partial charge in [0.15, 0.2) is 17.3 Å².